The van der Waals surface area contributed by atoms with Crippen LogP contribution in [-0.4, -0.2) is 66.4 Å². The molecule has 0 aliphatic carbocycles. The van der Waals surface area contributed by atoms with E-state index >= 15 is 0 Å². The first-order valence-corrected chi connectivity index (χ1v) is 9.13. The van der Waals surface area contributed by atoms with Crippen molar-refractivity contribution in [3.05, 3.63) is 41.2 Å². The maximum atomic E-state index is 12.9. The molecule has 1 aromatic heterocycles. The molecule has 0 unspecified atom stereocenters. The van der Waals surface area contributed by atoms with Crippen molar-refractivity contribution >= 4 is 34.0 Å². The Balaban J connectivity index is 1.46. The van der Waals surface area contributed by atoms with Crippen LogP contribution in [0.5, 0.6) is 0 Å². The Labute approximate surface area is 154 Å². The Morgan fingerprint density at radius 3 is 2.50 bits per heavy atom. The van der Waals surface area contributed by atoms with Gasteiger partial charge in [-0.2, -0.15) is 0 Å². The molecule has 2 aromatic rings. The highest BCUT2D eigenvalue weighted by Crippen LogP contribution is 2.17. The molecule has 1 aliphatic rings. The third-order valence-electron chi connectivity index (χ3n) is 4.09. The SMILES string of the molecule is CNc1nc(C(=O)N2CCN(CC(=O)Nc3ccc(F)cc3)CC2)cs1. The van der Waals surface area contributed by atoms with E-state index in [-0.39, 0.29) is 24.2 Å². The Kier molecular flexibility index (Phi) is 5.79. The summed E-state index contributed by atoms with van der Waals surface area (Å²) >= 11 is 1.40. The van der Waals surface area contributed by atoms with Gasteiger partial charge in [-0.3, -0.25) is 14.5 Å². The van der Waals surface area contributed by atoms with E-state index in [0.717, 1.165) is 0 Å². The zero-order valence-corrected chi connectivity index (χ0v) is 15.2. The minimum absolute atomic E-state index is 0.0850. The molecule has 0 spiro atoms. The largest absolute Gasteiger partial charge is 0.365 e. The smallest absolute Gasteiger partial charge is 0.273 e. The molecular formula is C17H20FN5O2S. The molecular weight excluding hydrogens is 357 g/mol. The van der Waals surface area contributed by atoms with Crippen LogP contribution >= 0.6 is 11.3 Å². The monoisotopic (exact) mass is 377 g/mol. The summed E-state index contributed by atoms with van der Waals surface area (Å²) in [4.78, 5) is 32.5. The zero-order chi connectivity index (χ0) is 18.5. The van der Waals surface area contributed by atoms with Crippen molar-refractivity contribution in [2.24, 2.45) is 0 Å². The molecule has 1 saturated heterocycles. The van der Waals surface area contributed by atoms with Gasteiger partial charge in [0.05, 0.1) is 6.54 Å². The molecule has 2 N–H and O–H groups in total. The Bertz CT molecular complexity index is 772. The molecule has 7 nitrogen and oxygen atoms in total. The van der Waals surface area contributed by atoms with Crippen LogP contribution in [0.3, 0.4) is 0 Å². The molecule has 1 aromatic carbocycles. The second-order valence-electron chi connectivity index (χ2n) is 5.91. The second-order valence-corrected chi connectivity index (χ2v) is 6.77. The van der Waals surface area contributed by atoms with E-state index in [1.54, 1.807) is 17.3 Å². The van der Waals surface area contributed by atoms with Crippen LogP contribution in [0.15, 0.2) is 29.6 Å². The van der Waals surface area contributed by atoms with Crippen LogP contribution in [-0.2, 0) is 4.79 Å². The number of hydrogen-bond donors (Lipinski definition) is 2. The number of nitrogens with one attached hydrogen (secondary N) is 2. The lowest BCUT2D eigenvalue weighted by Gasteiger charge is -2.33. The first-order valence-electron chi connectivity index (χ1n) is 8.25. The van der Waals surface area contributed by atoms with E-state index in [4.69, 9.17) is 0 Å². The predicted octanol–water partition coefficient (Wildman–Crippen LogP) is 1.72. The van der Waals surface area contributed by atoms with E-state index in [1.165, 1.54) is 35.6 Å². The number of halogens is 1. The van der Waals surface area contributed by atoms with Crippen molar-refractivity contribution < 1.29 is 14.0 Å². The predicted molar refractivity (Wildman–Crippen MR) is 99.0 cm³/mol. The van der Waals surface area contributed by atoms with Gasteiger partial charge in [0.1, 0.15) is 11.5 Å². The average Bonchev–Trinajstić information content (AvgIpc) is 3.13. The molecule has 0 radical (unpaired) electrons. The fourth-order valence-electron chi connectivity index (χ4n) is 2.69. The van der Waals surface area contributed by atoms with Crippen molar-refractivity contribution in [3.63, 3.8) is 0 Å². The standard InChI is InChI=1S/C17H20FN5O2S/c1-19-17-21-14(11-26-17)16(25)23-8-6-22(7-9-23)10-15(24)20-13-4-2-12(18)3-5-13/h2-5,11H,6-10H2,1H3,(H,19,21)(H,20,24). The molecule has 3 rings (SSSR count). The number of carbonyl (C=O) groups excluding carboxylic acids is 2. The highest BCUT2D eigenvalue weighted by molar-refractivity contribution is 7.13. The van der Waals surface area contributed by atoms with Gasteiger partial charge in [0.25, 0.3) is 5.91 Å². The highest BCUT2D eigenvalue weighted by Gasteiger charge is 2.24. The van der Waals surface area contributed by atoms with Gasteiger partial charge in [-0.25, -0.2) is 9.37 Å². The summed E-state index contributed by atoms with van der Waals surface area (Å²) in [7, 11) is 1.77. The van der Waals surface area contributed by atoms with Gasteiger partial charge in [-0.05, 0) is 24.3 Å². The van der Waals surface area contributed by atoms with Crippen LogP contribution in [0.1, 0.15) is 10.5 Å². The lowest BCUT2D eigenvalue weighted by molar-refractivity contribution is -0.117. The molecule has 0 saturated carbocycles. The summed E-state index contributed by atoms with van der Waals surface area (Å²) in [5.41, 5.74) is 1.01. The number of thiazole rings is 1. The number of nitrogens with zero attached hydrogens (tertiary/aromatic N) is 3. The Hall–Kier alpha value is -2.52. The Morgan fingerprint density at radius 1 is 1.19 bits per heavy atom. The molecule has 0 bridgehead atoms. The summed E-state index contributed by atoms with van der Waals surface area (Å²) in [6, 6.07) is 5.66. The van der Waals surface area contributed by atoms with Gasteiger partial charge in [-0.1, -0.05) is 0 Å². The van der Waals surface area contributed by atoms with Crippen LogP contribution in [0.4, 0.5) is 15.2 Å². The van der Waals surface area contributed by atoms with Gasteiger partial charge in [-0.15, -0.1) is 11.3 Å². The van der Waals surface area contributed by atoms with Crippen molar-refractivity contribution in [2.75, 3.05) is 50.4 Å². The van der Waals surface area contributed by atoms with E-state index in [0.29, 0.717) is 42.7 Å². The maximum Gasteiger partial charge on any atom is 0.273 e. The second kappa shape index (κ2) is 8.24. The van der Waals surface area contributed by atoms with Gasteiger partial charge in [0.2, 0.25) is 5.91 Å². The van der Waals surface area contributed by atoms with Crippen molar-refractivity contribution in [1.29, 1.82) is 0 Å². The molecule has 2 amide bonds. The van der Waals surface area contributed by atoms with Gasteiger partial charge >= 0.3 is 0 Å². The van der Waals surface area contributed by atoms with Crippen molar-refractivity contribution in [3.8, 4) is 0 Å². The normalized spacial score (nSPS) is 14.9. The quantitative estimate of drug-likeness (QED) is 0.830. The number of piperazine rings is 1. The molecule has 0 atom stereocenters. The third kappa shape index (κ3) is 4.55. The number of carbonyl (C=O) groups is 2. The number of rotatable bonds is 5. The number of anilines is 2. The highest BCUT2D eigenvalue weighted by atomic mass is 32.1. The van der Waals surface area contributed by atoms with Gasteiger partial charge in [0.15, 0.2) is 5.13 Å². The van der Waals surface area contributed by atoms with Crippen LogP contribution in [0.25, 0.3) is 0 Å². The van der Waals surface area contributed by atoms with Crippen LogP contribution in [0, 0.1) is 5.82 Å². The lowest BCUT2D eigenvalue weighted by atomic mass is 10.2. The summed E-state index contributed by atoms with van der Waals surface area (Å²) in [5, 5.41) is 8.12. The fraction of sp³-hybridized carbons (Fsp3) is 0.353. The van der Waals surface area contributed by atoms with Crippen molar-refractivity contribution in [1.82, 2.24) is 14.8 Å². The minimum atomic E-state index is -0.342. The number of amides is 2. The van der Waals surface area contributed by atoms with E-state index in [2.05, 4.69) is 15.6 Å². The molecule has 9 heteroatoms. The van der Waals surface area contributed by atoms with Crippen molar-refractivity contribution in [2.45, 2.75) is 0 Å². The average molecular weight is 377 g/mol. The van der Waals surface area contributed by atoms with Crippen LogP contribution in [0.2, 0.25) is 0 Å². The lowest BCUT2D eigenvalue weighted by Crippen LogP contribution is -2.50. The summed E-state index contributed by atoms with van der Waals surface area (Å²) < 4.78 is 12.9. The van der Waals surface area contributed by atoms with Gasteiger partial charge < -0.3 is 15.5 Å². The number of benzene rings is 1. The summed E-state index contributed by atoms with van der Waals surface area (Å²) in [6.07, 6.45) is 0. The van der Waals surface area contributed by atoms with E-state index < -0.39 is 0 Å². The number of hydrogen-bond acceptors (Lipinski definition) is 6. The molecule has 138 valence electrons. The van der Waals surface area contributed by atoms with Gasteiger partial charge in [0, 0.05) is 44.3 Å². The Morgan fingerprint density at radius 2 is 1.88 bits per heavy atom. The molecule has 2 heterocycles. The first-order chi connectivity index (χ1) is 12.5. The minimum Gasteiger partial charge on any atom is -0.365 e. The topological polar surface area (TPSA) is 77.6 Å². The third-order valence-corrected chi connectivity index (χ3v) is 4.95. The fourth-order valence-corrected chi connectivity index (χ4v) is 3.34. The first kappa shape index (κ1) is 18.3. The van der Waals surface area contributed by atoms with E-state index in [1.807, 2.05) is 4.90 Å². The van der Waals surface area contributed by atoms with E-state index in [9.17, 15) is 14.0 Å². The summed E-state index contributed by atoms with van der Waals surface area (Å²) in [6.45, 7) is 2.57. The zero-order valence-electron chi connectivity index (χ0n) is 14.4. The number of aromatic nitrogens is 1. The van der Waals surface area contributed by atoms with Crippen LogP contribution < -0.4 is 10.6 Å². The molecule has 26 heavy (non-hydrogen) atoms. The molecule has 1 fully saturated rings. The maximum absolute atomic E-state index is 12.9. The molecule has 1 aliphatic heterocycles. The summed E-state index contributed by atoms with van der Waals surface area (Å²) in [5.74, 6) is -0.585.